The Balaban J connectivity index is 1.38. The van der Waals surface area contributed by atoms with E-state index in [0.717, 1.165) is 39.0 Å². The molecule has 0 aromatic heterocycles. The first-order chi connectivity index (χ1) is 27.4. The van der Waals surface area contributed by atoms with Crippen LogP contribution in [-0.4, -0.2) is 0 Å². The van der Waals surface area contributed by atoms with Gasteiger partial charge in [0.25, 0.3) is 0 Å². The number of allylic oxidation sites excluding steroid dienone is 4. The monoisotopic (exact) mass is 716 g/mol. The van der Waals surface area contributed by atoms with E-state index in [1.165, 1.54) is 61.2 Å². The maximum atomic E-state index is 4.24. The molecular formula is C56H44. The van der Waals surface area contributed by atoms with E-state index in [9.17, 15) is 0 Å². The highest BCUT2D eigenvalue weighted by Gasteiger charge is 2.14. The van der Waals surface area contributed by atoms with Crippen molar-refractivity contribution >= 4 is 11.1 Å². The SMILES string of the molecule is C=CC(=C)c1cccc(-c2cc(-c3ccccc3)cc(-c3cc(-c4cccc(C(C)=CC)c4)cc(-c4cc(-c5ccccc5)cc(-c5ccccc5)c4)c3)c2)c1. The molecule has 8 rings (SSSR count). The van der Waals surface area contributed by atoms with E-state index >= 15 is 0 Å². The van der Waals surface area contributed by atoms with Gasteiger partial charge in [0, 0.05) is 0 Å². The van der Waals surface area contributed by atoms with Crippen LogP contribution in [0.25, 0.3) is 89.0 Å². The molecule has 0 nitrogen and oxygen atoms in total. The molecule has 56 heavy (non-hydrogen) atoms. The quantitative estimate of drug-likeness (QED) is 0.124. The molecule has 0 aliphatic rings. The Bertz CT molecular complexity index is 2650. The summed E-state index contributed by atoms with van der Waals surface area (Å²) in [5.74, 6) is 0. The largest absolute Gasteiger partial charge is 0.0985 e. The standard InChI is InChI=1S/C56H44/c1-5-39(3)44-24-16-26-46(28-44)51-31-50(43-22-14-9-15-23-43)34-54(35-51)56-37-52(47-27-17-25-45(29-47)40(4)6-2)36-55(38-56)53-32-48(41-18-10-7-11-19-41)30-49(33-53)42-20-12-8-13-21-42/h5-38H,1,3H2,2,4H3. The van der Waals surface area contributed by atoms with Crippen molar-refractivity contribution in [3.63, 3.8) is 0 Å². The molecule has 0 unspecified atom stereocenters. The first kappa shape index (κ1) is 36.0. The zero-order valence-corrected chi connectivity index (χ0v) is 32.0. The lowest BCUT2D eigenvalue weighted by Gasteiger charge is -2.16. The Morgan fingerprint density at radius 2 is 0.625 bits per heavy atom. The number of rotatable bonds is 10. The van der Waals surface area contributed by atoms with Gasteiger partial charge in [0.05, 0.1) is 0 Å². The Labute approximate surface area is 332 Å². The summed E-state index contributed by atoms with van der Waals surface area (Å²) in [5.41, 5.74) is 20.9. The minimum absolute atomic E-state index is 0.909. The van der Waals surface area contributed by atoms with E-state index < -0.39 is 0 Å². The van der Waals surface area contributed by atoms with Crippen molar-refractivity contribution in [2.45, 2.75) is 13.8 Å². The highest BCUT2D eigenvalue weighted by atomic mass is 14.2. The molecule has 0 bridgehead atoms. The summed E-state index contributed by atoms with van der Waals surface area (Å²) >= 11 is 0. The molecule has 268 valence electrons. The van der Waals surface area contributed by atoms with Gasteiger partial charge in [0.15, 0.2) is 0 Å². The van der Waals surface area contributed by atoms with Gasteiger partial charge in [-0.05, 0) is 181 Å². The van der Waals surface area contributed by atoms with Crippen LogP contribution < -0.4 is 0 Å². The fourth-order valence-electron chi connectivity index (χ4n) is 7.40. The van der Waals surface area contributed by atoms with E-state index in [-0.39, 0.29) is 0 Å². The van der Waals surface area contributed by atoms with Gasteiger partial charge in [0.1, 0.15) is 0 Å². The fraction of sp³-hybridized carbons (Fsp3) is 0.0357. The molecule has 0 amide bonds. The first-order valence-electron chi connectivity index (χ1n) is 19.2. The number of hydrogen-bond acceptors (Lipinski definition) is 0. The third-order valence-corrected chi connectivity index (χ3v) is 10.7. The van der Waals surface area contributed by atoms with E-state index in [1.807, 2.05) is 6.08 Å². The zero-order chi connectivity index (χ0) is 38.4. The molecule has 8 aromatic rings. The van der Waals surface area contributed by atoms with Crippen LogP contribution in [0.4, 0.5) is 0 Å². The maximum absolute atomic E-state index is 4.24. The van der Waals surface area contributed by atoms with E-state index in [0.29, 0.717) is 0 Å². The van der Waals surface area contributed by atoms with E-state index in [2.05, 4.69) is 227 Å². The molecule has 0 heterocycles. The van der Waals surface area contributed by atoms with Gasteiger partial charge in [0.2, 0.25) is 0 Å². The summed E-state index contributed by atoms with van der Waals surface area (Å²) < 4.78 is 0. The summed E-state index contributed by atoms with van der Waals surface area (Å²) in [7, 11) is 0. The molecule has 0 aliphatic carbocycles. The zero-order valence-electron chi connectivity index (χ0n) is 32.0. The van der Waals surface area contributed by atoms with Crippen LogP contribution in [-0.2, 0) is 0 Å². The second-order valence-corrected chi connectivity index (χ2v) is 14.4. The van der Waals surface area contributed by atoms with Crippen molar-refractivity contribution in [2.24, 2.45) is 0 Å². The first-order valence-corrected chi connectivity index (χ1v) is 19.2. The molecule has 0 heteroatoms. The molecule has 0 saturated heterocycles. The van der Waals surface area contributed by atoms with Gasteiger partial charge in [-0.2, -0.15) is 0 Å². The average molecular weight is 717 g/mol. The second kappa shape index (κ2) is 16.1. The summed E-state index contributed by atoms with van der Waals surface area (Å²) in [6.07, 6.45) is 4.00. The summed E-state index contributed by atoms with van der Waals surface area (Å²) in [6.45, 7) is 12.5. The maximum Gasteiger partial charge on any atom is -0.0171 e. The van der Waals surface area contributed by atoms with Gasteiger partial charge in [-0.15, -0.1) is 0 Å². The van der Waals surface area contributed by atoms with Crippen LogP contribution in [0.5, 0.6) is 0 Å². The Hall–Kier alpha value is -7.02. The molecule has 0 aliphatic heterocycles. The van der Waals surface area contributed by atoms with Crippen molar-refractivity contribution in [2.75, 3.05) is 0 Å². The average Bonchev–Trinajstić information content (AvgIpc) is 3.29. The molecule has 0 fully saturated rings. The lowest BCUT2D eigenvalue weighted by molar-refractivity contribution is 1.51. The van der Waals surface area contributed by atoms with Crippen molar-refractivity contribution in [1.82, 2.24) is 0 Å². The van der Waals surface area contributed by atoms with Crippen LogP contribution in [0.3, 0.4) is 0 Å². The molecule has 0 saturated carbocycles. The molecule has 0 atom stereocenters. The van der Waals surface area contributed by atoms with Gasteiger partial charge >= 0.3 is 0 Å². The highest BCUT2D eigenvalue weighted by molar-refractivity contribution is 5.89. The van der Waals surface area contributed by atoms with Crippen LogP contribution in [0.2, 0.25) is 0 Å². The fourth-order valence-corrected chi connectivity index (χ4v) is 7.40. The van der Waals surface area contributed by atoms with Crippen LogP contribution in [0.15, 0.2) is 219 Å². The second-order valence-electron chi connectivity index (χ2n) is 14.4. The summed E-state index contributed by atoms with van der Waals surface area (Å²) in [6, 6.07) is 70.7. The smallest absolute Gasteiger partial charge is 0.0171 e. The van der Waals surface area contributed by atoms with Crippen LogP contribution >= 0.6 is 0 Å². The minimum Gasteiger partial charge on any atom is -0.0985 e. The highest BCUT2D eigenvalue weighted by Crippen LogP contribution is 2.40. The van der Waals surface area contributed by atoms with Gasteiger partial charge in [-0.1, -0.05) is 153 Å². The minimum atomic E-state index is 0.909. The predicted molar refractivity (Wildman–Crippen MR) is 243 cm³/mol. The normalized spacial score (nSPS) is 11.3. The Morgan fingerprint density at radius 1 is 0.339 bits per heavy atom. The lowest BCUT2D eigenvalue weighted by Crippen LogP contribution is -1.91. The summed E-state index contributed by atoms with van der Waals surface area (Å²) in [4.78, 5) is 0. The van der Waals surface area contributed by atoms with E-state index in [1.54, 1.807) is 0 Å². The molecule has 8 aromatic carbocycles. The van der Waals surface area contributed by atoms with E-state index in [4.69, 9.17) is 0 Å². The molecular weight excluding hydrogens is 673 g/mol. The van der Waals surface area contributed by atoms with Crippen molar-refractivity contribution in [3.05, 3.63) is 231 Å². The van der Waals surface area contributed by atoms with Crippen molar-refractivity contribution < 1.29 is 0 Å². The summed E-state index contributed by atoms with van der Waals surface area (Å²) in [5, 5.41) is 0. The van der Waals surface area contributed by atoms with Crippen molar-refractivity contribution in [1.29, 1.82) is 0 Å². The topological polar surface area (TPSA) is 0 Å². The van der Waals surface area contributed by atoms with Crippen LogP contribution in [0, 0.1) is 0 Å². The van der Waals surface area contributed by atoms with Gasteiger partial charge in [-0.3, -0.25) is 0 Å². The Kier molecular flexibility index (Phi) is 10.4. The third-order valence-electron chi connectivity index (χ3n) is 10.7. The van der Waals surface area contributed by atoms with Gasteiger partial charge in [-0.25, -0.2) is 0 Å². The Morgan fingerprint density at radius 3 is 0.964 bits per heavy atom. The third kappa shape index (κ3) is 7.78. The molecule has 0 spiro atoms. The number of hydrogen-bond donors (Lipinski definition) is 0. The molecule has 0 N–H and O–H groups in total. The van der Waals surface area contributed by atoms with Crippen LogP contribution in [0.1, 0.15) is 25.0 Å². The molecule has 0 radical (unpaired) electrons. The lowest BCUT2D eigenvalue weighted by atomic mass is 9.88. The van der Waals surface area contributed by atoms with Gasteiger partial charge < -0.3 is 0 Å². The number of benzene rings is 8. The van der Waals surface area contributed by atoms with Crippen molar-refractivity contribution in [3.8, 4) is 77.9 Å². The predicted octanol–water partition coefficient (Wildman–Crippen LogP) is 16.0.